The average Bonchev–Trinajstić information content (AvgIpc) is 2.46. The van der Waals surface area contributed by atoms with Gasteiger partial charge >= 0.3 is 0 Å². The van der Waals surface area contributed by atoms with E-state index in [1.54, 1.807) is 0 Å². The summed E-state index contributed by atoms with van der Waals surface area (Å²) in [6, 6.07) is 9.63. The number of benzene rings is 1. The highest BCUT2D eigenvalue weighted by Gasteiger charge is 2.37. The Morgan fingerprint density at radius 2 is 1.95 bits per heavy atom. The van der Waals surface area contributed by atoms with Crippen molar-refractivity contribution in [1.29, 1.82) is 0 Å². The summed E-state index contributed by atoms with van der Waals surface area (Å²) < 4.78 is 5.60. The number of hydrogen-bond donors (Lipinski definition) is 2. The van der Waals surface area contributed by atoms with E-state index >= 15 is 0 Å². The van der Waals surface area contributed by atoms with Gasteiger partial charge in [0.2, 0.25) is 5.91 Å². The van der Waals surface area contributed by atoms with E-state index in [-0.39, 0.29) is 5.91 Å². The lowest BCUT2D eigenvalue weighted by atomic mass is 9.86. The van der Waals surface area contributed by atoms with Gasteiger partial charge in [0.05, 0.1) is 0 Å². The fraction of sp³-hybridized carbons (Fsp3) is 0.562. The first-order valence-electron chi connectivity index (χ1n) is 7.35. The smallest absolute Gasteiger partial charge is 0.242 e. The number of likely N-dealkylation sites (N-methyl/N-ethyl adjacent to an activating group) is 1. The van der Waals surface area contributed by atoms with Crippen molar-refractivity contribution in [1.82, 2.24) is 5.32 Å². The number of primary amides is 1. The summed E-state index contributed by atoms with van der Waals surface area (Å²) in [4.78, 5) is 12.0. The van der Waals surface area contributed by atoms with E-state index in [0.717, 1.165) is 25.0 Å². The molecule has 0 fully saturated rings. The van der Waals surface area contributed by atoms with Crippen molar-refractivity contribution >= 4 is 5.91 Å². The normalized spacial score (nSPS) is 13.9. The molecule has 0 aliphatic rings. The molecular formula is C16H26N2O2. The van der Waals surface area contributed by atoms with Crippen molar-refractivity contribution in [2.24, 2.45) is 5.73 Å². The highest BCUT2D eigenvalue weighted by Crippen LogP contribution is 2.25. The van der Waals surface area contributed by atoms with E-state index in [1.165, 1.54) is 0 Å². The van der Waals surface area contributed by atoms with Crippen LogP contribution in [0.3, 0.4) is 0 Å². The van der Waals surface area contributed by atoms with Crippen molar-refractivity contribution in [2.75, 3.05) is 19.8 Å². The maximum Gasteiger partial charge on any atom is 0.242 e. The molecule has 0 aliphatic heterocycles. The monoisotopic (exact) mass is 278 g/mol. The molecule has 0 heterocycles. The lowest BCUT2D eigenvalue weighted by molar-refractivity contribution is -0.125. The van der Waals surface area contributed by atoms with Crippen LogP contribution >= 0.6 is 0 Å². The van der Waals surface area contributed by atoms with Crippen molar-refractivity contribution in [3.63, 3.8) is 0 Å². The third-order valence-electron chi connectivity index (χ3n) is 3.43. The van der Waals surface area contributed by atoms with Crippen LogP contribution in [0.15, 0.2) is 30.3 Å². The van der Waals surface area contributed by atoms with E-state index in [0.29, 0.717) is 19.6 Å². The minimum Gasteiger partial charge on any atom is -0.381 e. The van der Waals surface area contributed by atoms with Gasteiger partial charge in [-0.05, 0) is 18.5 Å². The fourth-order valence-electron chi connectivity index (χ4n) is 2.29. The van der Waals surface area contributed by atoms with Gasteiger partial charge in [-0.15, -0.1) is 0 Å². The number of hydrogen-bond acceptors (Lipinski definition) is 3. The minimum atomic E-state index is -0.845. The summed E-state index contributed by atoms with van der Waals surface area (Å²) in [7, 11) is 0. The molecule has 1 amide bonds. The lowest BCUT2D eigenvalue weighted by Crippen LogP contribution is -2.53. The maximum atomic E-state index is 12.0. The second-order valence-electron chi connectivity index (χ2n) is 4.88. The Hall–Kier alpha value is -1.39. The molecule has 1 atom stereocenters. The van der Waals surface area contributed by atoms with Crippen molar-refractivity contribution in [3.05, 3.63) is 35.9 Å². The molecular weight excluding hydrogens is 252 g/mol. The van der Waals surface area contributed by atoms with Gasteiger partial charge in [0.25, 0.3) is 0 Å². The van der Waals surface area contributed by atoms with E-state index in [4.69, 9.17) is 10.5 Å². The third-order valence-corrected chi connectivity index (χ3v) is 3.43. The molecule has 0 spiro atoms. The Balaban J connectivity index is 2.81. The van der Waals surface area contributed by atoms with Gasteiger partial charge in [0, 0.05) is 19.6 Å². The summed E-state index contributed by atoms with van der Waals surface area (Å²) >= 11 is 0. The fourth-order valence-corrected chi connectivity index (χ4v) is 2.29. The molecule has 112 valence electrons. The van der Waals surface area contributed by atoms with Gasteiger partial charge in [-0.3, -0.25) is 10.1 Å². The predicted molar refractivity (Wildman–Crippen MR) is 81.3 cm³/mol. The second-order valence-corrected chi connectivity index (χ2v) is 4.88. The topological polar surface area (TPSA) is 64.3 Å². The van der Waals surface area contributed by atoms with Gasteiger partial charge in [0.15, 0.2) is 0 Å². The van der Waals surface area contributed by atoms with Crippen LogP contribution in [0.5, 0.6) is 0 Å². The minimum absolute atomic E-state index is 0.357. The molecule has 1 aromatic carbocycles. The van der Waals surface area contributed by atoms with Crippen molar-refractivity contribution in [3.8, 4) is 0 Å². The van der Waals surface area contributed by atoms with Crippen LogP contribution in [0.1, 0.15) is 38.7 Å². The third kappa shape index (κ3) is 4.32. The van der Waals surface area contributed by atoms with Crippen molar-refractivity contribution in [2.45, 2.75) is 38.6 Å². The summed E-state index contributed by atoms with van der Waals surface area (Å²) in [5.74, 6) is -0.357. The molecule has 1 aromatic rings. The van der Waals surface area contributed by atoms with Gasteiger partial charge in [-0.1, -0.05) is 50.6 Å². The van der Waals surface area contributed by atoms with Crippen LogP contribution in [0, 0.1) is 0 Å². The first-order valence-corrected chi connectivity index (χ1v) is 7.35. The Kier molecular flexibility index (Phi) is 7.26. The van der Waals surface area contributed by atoms with Gasteiger partial charge < -0.3 is 10.5 Å². The highest BCUT2D eigenvalue weighted by molar-refractivity contribution is 5.86. The SMILES string of the molecule is CCCCOCCC(NCC)(C(N)=O)c1ccccc1. The molecule has 20 heavy (non-hydrogen) atoms. The standard InChI is InChI=1S/C16H26N2O2/c1-3-5-12-20-13-11-16(15(17)19,18-4-2)14-9-7-6-8-10-14/h6-10,18H,3-5,11-13H2,1-2H3,(H2,17,19). The number of amides is 1. The molecule has 1 unspecified atom stereocenters. The predicted octanol–water partition coefficient (Wildman–Crippen LogP) is 2.18. The Morgan fingerprint density at radius 1 is 1.25 bits per heavy atom. The zero-order valence-corrected chi connectivity index (χ0v) is 12.5. The molecule has 4 heteroatoms. The largest absolute Gasteiger partial charge is 0.381 e. The zero-order chi connectivity index (χ0) is 14.8. The number of ether oxygens (including phenoxy) is 1. The van der Waals surface area contributed by atoms with Gasteiger partial charge in [0.1, 0.15) is 5.54 Å². The Morgan fingerprint density at radius 3 is 2.50 bits per heavy atom. The molecule has 0 radical (unpaired) electrons. The molecule has 0 bridgehead atoms. The van der Waals surface area contributed by atoms with E-state index in [9.17, 15) is 4.79 Å². The quantitative estimate of drug-likeness (QED) is 0.645. The van der Waals surface area contributed by atoms with Crippen LogP contribution in [-0.2, 0) is 15.1 Å². The van der Waals surface area contributed by atoms with Crippen LogP contribution in [0.4, 0.5) is 0 Å². The van der Waals surface area contributed by atoms with Gasteiger partial charge in [-0.2, -0.15) is 0 Å². The van der Waals surface area contributed by atoms with Crippen LogP contribution in [0.25, 0.3) is 0 Å². The molecule has 0 aliphatic carbocycles. The van der Waals surface area contributed by atoms with Crippen LogP contribution < -0.4 is 11.1 Å². The van der Waals surface area contributed by atoms with Crippen LogP contribution in [0.2, 0.25) is 0 Å². The average molecular weight is 278 g/mol. The molecule has 0 saturated carbocycles. The molecule has 3 N–H and O–H groups in total. The van der Waals surface area contributed by atoms with Crippen molar-refractivity contribution < 1.29 is 9.53 Å². The Bertz CT molecular complexity index is 395. The number of unbranched alkanes of at least 4 members (excludes halogenated alkanes) is 1. The highest BCUT2D eigenvalue weighted by atomic mass is 16.5. The summed E-state index contributed by atoms with van der Waals surface area (Å²) in [5.41, 5.74) is 5.73. The number of carbonyl (C=O) groups excluding carboxylic acids is 1. The molecule has 4 nitrogen and oxygen atoms in total. The zero-order valence-electron chi connectivity index (χ0n) is 12.5. The number of nitrogens with two attached hydrogens (primary N) is 1. The Labute approximate surface area is 121 Å². The second kappa shape index (κ2) is 8.72. The van der Waals surface area contributed by atoms with E-state index in [2.05, 4.69) is 12.2 Å². The van der Waals surface area contributed by atoms with E-state index in [1.807, 2.05) is 37.3 Å². The molecule has 0 saturated heterocycles. The van der Waals surface area contributed by atoms with Crippen LogP contribution in [-0.4, -0.2) is 25.7 Å². The first kappa shape index (κ1) is 16.7. The van der Waals surface area contributed by atoms with E-state index < -0.39 is 5.54 Å². The van der Waals surface area contributed by atoms with Gasteiger partial charge in [-0.25, -0.2) is 0 Å². The summed E-state index contributed by atoms with van der Waals surface area (Å²) in [6.45, 7) is 6.02. The first-order chi connectivity index (χ1) is 9.67. The number of rotatable bonds is 10. The molecule has 1 rings (SSSR count). The number of carbonyl (C=O) groups is 1. The molecule has 0 aromatic heterocycles. The maximum absolute atomic E-state index is 12.0. The summed E-state index contributed by atoms with van der Waals surface area (Å²) in [5, 5.41) is 3.25. The summed E-state index contributed by atoms with van der Waals surface area (Å²) in [6.07, 6.45) is 2.69. The number of nitrogens with one attached hydrogen (secondary N) is 1. The lowest BCUT2D eigenvalue weighted by Gasteiger charge is -2.32.